The van der Waals surface area contributed by atoms with Gasteiger partial charge in [-0.2, -0.15) is 0 Å². The number of rotatable bonds is 0. The van der Waals surface area contributed by atoms with Gasteiger partial charge in [-0.1, -0.05) is 35.3 Å². The van der Waals surface area contributed by atoms with Gasteiger partial charge in [0, 0.05) is 25.2 Å². The van der Waals surface area contributed by atoms with E-state index < -0.39 is 6.03 Å². The van der Waals surface area contributed by atoms with E-state index in [1.807, 2.05) is 12.1 Å². The fourth-order valence-electron chi connectivity index (χ4n) is 0.807. The van der Waals surface area contributed by atoms with Crippen molar-refractivity contribution in [2.45, 2.75) is 0 Å². The Bertz CT molecular complexity index is 350. The Morgan fingerprint density at radius 2 is 1.50 bits per heavy atom. The second-order valence-electron chi connectivity index (χ2n) is 3.02. The van der Waals surface area contributed by atoms with Gasteiger partial charge in [-0.05, 0) is 0 Å². The number of benzene rings is 1. The first-order valence-electron chi connectivity index (χ1n) is 3.90. The van der Waals surface area contributed by atoms with Crippen LogP contribution in [0.1, 0.15) is 0 Å². The molecule has 0 fully saturated rings. The van der Waals surface area contributed by atoms with E-state index >= 15 is 0 Å². The molecular formula is C9H10Cl2N2O. The summed E-state index contributed by atoms with van der Waals surface area (Å²) in [5.41, 5.74) is 6.97. The van der Waals surface area contributed by atoms with Crippen molar-refractivity contribution in [3.05, 3.63) is 22.2 Å². The number of urea groups is 1. The Balaban J connectivity index is 0.000000149. The van der Waals surface area contributed by atoms with Gasteiger partial charge < -0.3 is 10.6 Å². The van der Waals surface area contributed by atoms with E-state index in [9.17, 15) is 4.79 Å². The average Bonchev–Trinajstić information content (AvgIpc) is 2.03. The van der Waals surface area contributed by atoms with Crippen molar-refractivity contribution < 1.29 is 4.79 Å². The van der Waals surface area contributed by atoms with Crippen LogP contribution in [0.15, 0.2) is 12.1 Å². The molecule has 2 N–H and O–H groups in total. The van der Waals surface area contributed by atoms with Gasteiger partial charge in [0.1, 0.15) is 0 Å². The highest BCUT2D eigenvalue weighted by atomic mass is 35.5. The van der Waals surface area contributed by atoms with Crippen LogP contribution in [0.2, 0.25) is 10.0 Å². The SMILES string of the molecule is CN(C)C(N)=O.Clc1c2ccc-2c1Cl. The molecule has 2 amide bonds. The summed E-state index contributed by atoms with van der Waals surface area (Å²) in [5, 5.41) is 1.45. The molecule has 14 heavy (non-hydrogen) atoms. The Kier molecular flexibility index (Phi) is 3.24. The van der Waals surface area contributed by atoms with Crippen molar-refractivity contribution in [3.63, 3.8) is 0 Å². The van der Waals surface area contributed by atoms with Gasteiger partial charge in [-0.15, -0.1) is 0 Å². The number of hydrogen-bond donors (Lipinski definition) is 1. The van der Waals surface area contributed by atoms with E-state index in [0.29, 0.717) is 0 Å². The number of nitrogens with zero attached hydrogens (tertiary/aromatic N) is 1. The third kappa shape index (κ3) is 1.94. The molecule has 0 atom stereocenters. The lowest BCUT2D eigenvalue weighted by atomic mass is 9.94. The minimum Gasteiger partial charge on any atom is -0.352 e. The fourth-order valence-corrected chi connectivity index (χ4v) is 1.34. The van der Waals surface area contributed by atoms with Gasteiger partial charge >= 0.3 is 6.03 Å². The molecule has 0 aromatic heterocycles. The van der Waals surface area contributed by atoms with E-state index in [-0.39, 0.29) is 0 Å². The van der Waals surface area contributed by atoms with Crippen LogP contribution < -0.4 is 5.73 Å². The van der Waals surface area contributed by atoms with Crippen LogP contribution in [0, 0.1) is 0 Å². The molecule has 0 unspecified atom stereocenters. The van der Waals surface area contributed by atoms with E-state index in [2.05, 4.69) is 0 Å². The normalized spacial score (nSPS) is 10.0. The van der Waals surface area contributed by atoms with Gasteiger partial charge in [0.2, 0.25) is 0 Å². The molecular weight excluding hydrogens is 223 g/mol. The Morgan fingerprint density at radius 3 is 1.57 bits per heavy atom. The Labute approximate surface area is 92.4 Å². The molecule has 2 rings (SSSR count). The topological polar surface area (TPSA) is 46.3 Å². The van der Waals surface area contributed by atoms with Gasteiger partial charge in [0.05, 0.1) is 10.0 Å². The maximum Gasteiger partial charge on any atom is 0.314 e. The quantitative estimate of drug-likeness (QED) is 0.746. The fraction of sp³-hybridized carbons (Fsp3) is 0.222. The van der Waals surface area contributed by atoms with Gasteiger partial charge in [0.15, 0.2) is 0 Å². The molecule has 0 saturated heterocycles. The molecule has 76 valence electrons. The summed E-state index contributed by atoms with van der Waals surface area (Å²) in [6, 6.07) is 3.52. The number of fused-ring (bicyclic) bond motifs is 1. The summed E-state index contributed by atoms with van der Waals surface area (Å²) in [6.07, 6.45) is 0. The zero-order chi connectivity index (χ0) is 10.9. The summed E-state index contributed by atoms with van der Waals surface area (Å²) in [7, 11) is 3.20. The summed E-state index contributed by atoms with van der Waals surface area (Å²) in [6.45, 7) is 0. The number of primary amides is 1. The highest BCUT2D eigenvalue weighted by Gasteiger charge is 2.22. The predicted molar refractivity (Wildman–Crippen MR) is 58.7 cm³/mol. The van der Waals surface area contributed by atoms with E-state index in [1.54, 1.807) is 14.1 Å². The van der Waals surface area contributed by atoms with Crippen LogP contribution in [0.4, 0.5) is 4.79 Å². The lowest BCUT2D eigenvalue weighted by Gasteiger charge is -2.19. The molecule has 3 nitrogen and oxygen atoms in total. The van der Waals surface area contributed by atoms with Crippen LogP contribution in [-0.4, -0.2) is 25.0 Å². The third-order valence-corrected chi connectivity index (χ3v) is 2.70. The van der Waals surface area contributed by atoms with Crippen molar-refractivity contribution in [1.29, 1.82) is 0 Å². The van der Waals surface area contributed by atoms with Gasteiger partial charge in [-0.3, -0.25) is 0 Å². The van der Waals surface area contributed by atoms with E-state index in [1.165, 1.54) is 4.90 Å². The van der Waals surface area contributed by atoms with Gasteiger partial charge in [0.25, 0.3) is 0 Å². The van der Waals surface area contributed by atoms with E-state index in [0.717, 1.165) is 21.2 Å². The highest BCUT2D eigenvalue weighted by Crippen LogP contribution is 2.49. The van der Waals surface area contributed by atoms with Crippen LogP contribution >= 0.6 is 23.2 Å². The predicted octanol–water partition coefficient (Wildman–Crippen LogP) is 2.60. The van der Waals surface area contributed by atoms with Crippen LogP contribution in [-0.2, 0) is 0 Å². The molecule has 2 aliphatic rings. The molecule has 5 heteroatoms. The number of amides is 2. The van der Waals surface area contributed by atoms with Crippen molar-refractivity contribution >= 4 is 29.2 Å². The molecule has 0 aromatic carbocycles. The number of halogens is 2. The van der Waals surface area contributed by atoms with Crippen molar-refractivity contribution in [2.75, 3.05) is 14.1 Å². The Hall–Kier alpha value is -0.930. The number of carbonyl (C=O) groups is 1. The molecule has 0 bridgehead atoms. The molecule has 0 radical (unpaired) electrons. The first-order valence-corrected chi connectivity index (χ1v) is 4.66. The summed E-state index contributed by atoms with van der Waals surface area (Å²) in [4.78, 5) is 11.2. The zero-order valence-electron chi connectivity index (χ0n) is 7.84. The van der Waals surface area contributed by atoms with Crippen LogP contribution in [0.25, 0.3) is 11.1 Å². The standard InChI is InChI=1S/C6H2Cl2.C3H8N2O/c7-5-3-1-2-4(3)6(5)8;1-5(2)3(4)6/h1-2H;1-2H3,(H2,4,6). The highest BCUT2D eigenvalue weighted by molar-refractivity contribution is 6.49. The Morgan fingerprint density at radius 1 is 1.21 bits per heavy atom. The summed E-state index contributed by atoms with van der Waals surface area (Å²) >= 11 is 11.3. The molecule has 0 aliphatic heterocycles. The zero-order valence-corrected chi connectivity index (χ0v) is 9.36. The lowest BCUT2D eigenvalue weighted by Crippen LogP contribution is -2.27. The maximum atomic E-state index is 9.85. The van der Waals surface area contributed by atoms with Crippen molar-refractivity contribution in [2.24, 2.45) is 5.73 Å². The third-order valence-electron chi connectivity index (χ3n) is 1.81. The average molecular weight is 233 g/mol. The largest absolute Gasteiger partial charge is 0.352 e. The summed E-state index contributed by atoms with van der Waals surface area (Å²) in [5.74, 6) is 0. The minimum absolute atomic E-state index is 0.407. The van der Waals surface area contributed by atoms with E-state index in [4.69, 9.17) is 28.9 Å². The molecule has 0 saturated carbocycles. The monoisotopic (exact) mass is 232 g/mol. The molecule has 0 heterocycles. The van der Waals surface area contributed by atoms with Gasteiger partial charge in [-0.25, -0.2) is 4.79 Å². The van der Waals surface area contributed by atoms with Crippen molar-refractivity contribution in [1.82, 2.24) is 4.90 Å². The number of hydrogen-bond acceptors (Lipinski definition) is 1. The molecule has 0 aromatic rings. The molecule has 2 aliphatic carbocycles. The minimum atomic E-state index is -0.407. The van der Waals surface area contributed by atoms with Crippen LogP contribution in [0.3, 0.4) is 0 Å². The summed E-state index contributed by atoms with van der Waals surface area (Å²) < 4.78 is 0. The second-order valence-corrected chi connectivity index (χ2v) is 3.78. The van der Waals surface area contributed by atoms with Crippen LogP contribution in [0.5, 0.6) is 0 Å². The van der Waals surface area contributed by atoms with Crippen molar-refractivity contribution in [3.8, 4) is 11.1 Å². The second kappa shape index (κ2) is 4.07. The lowest BCUT2D eigenvalue weighted by molar-refractivity contribution is 0.227. The number of carbonyl (C=O) groups excluding carboxylic acids is 1. The maximum absolute atomic E-state index is 9.85. The smallest absolute Gasteiger partial charge is 0.314 e. The molecule has 0 spiro atoms. The number of nitrogens with two attached hydrogens (primary N) is 1. The first kappa shape index (κ1) is 11.1. The first-order chi connectivity index (χ1) is 6.45.